The van der Waals surface area contributed by atoms with Crippen LogP contribution in [0.4, 0.5) is 4.39 Å². The van der Waals surface area contributed by atoms with Crippen molar-refractivity contribution in [1.82, 2.24) is 9.55 Å². The van der Waals surface area contributed by atoms with Crippen molar-refractivity contribution >= 4 is 21.6 Å². The van der Waals surface area contributed by atoms with Crippen molar-refractivity contribution in [3.63, 3.8) is 0 Å². The molecule has 102 valence electrons. The summed E-state index contributed by atoms with van der Waals surface area (Å²) in [4.78, 5) is 3.86. The van der Waals surface area contributed by atoms with Crippen molar-refractivity contribution in [2.45, 2.75) is 18.5 Å². The second kappa shape index (κ2) is 4.92. The van der Waals surface area contributed by atoms with E-state index >= 15 is 0 Å². The number of aryl methyl sites for hydroxylation is 1. The number of aromatic nitrogens is 2. The fourth-order valence-corrected chi connectivity index (χ4v) is 2.35. The zero-order valence-corrected chi connectivity index (χ0v) is 11.5. The van der Waals surface area contributed by atoms with E-state index < -0.39 is 15.8 Å². The number of rotatable bonds is 3. The number of sulfonamides is 1. The van der Waals surface area contributed by atoms with Crippen molar-refractivity contribution in [2.24, 2.45) is 5.14 Å². The third-order valence-electron chi connectivity index (χ3n) is 2.58. The van der Waals surface area contributed by atoms with E-state index in [0.717, 1.165) is 5.56 Å². The minimum atomic E-state index is -3.83. The molecular formula is C11H11ClFN3O2S. The molecule has 0 spiro atoms. The molecule has 5 nitrogen and oxygen atoms in total. The van der Waals surface area contributed by atoms with E-state index in [1.54, 1.807) is 17.6 Å². The van der Waals surface area contributed by atoms with E-state index in [0.29, 0.717) is 12.4 Å². The monoisotopic (exact) mass is 303 g/mol. The van der Waals surface area contributed by atoms with Gasteiger partial charge in [-0.3, -0.25) is 0 Å². The van der Waals surface area contributed by atoms with Gasteiger partial charge in [0.05, 0.1) is 5.02 Å². The highest BCUT2D eigenvalue weighted by atomic mass is 35.5. The van der Waals surface area contributed by atoms with Gasteiger partial charge in [0.15, 0.2) is 5.03 Å². The molecule has 8 heteroatoms. The number of benzene rings is 1. The summed E-state index contributed by atoms with van der Waals surface area (Å²) in [5.41, 5.74) is 0.730. The lowest BCUT2D eigenvalue weighted by Crippen LogP contribution is -2.12. The highest BCUT2D eigenvalue weighted by Gasteiger charge is 2.14. The summed E-state index contributed by atoms with van der Waals surface area (Å²) in [6.07, 6.45) is 1.34. The Morgan fingerprint density at radius 2 is 2.16 bits per heavy atom. The van der Waals surface area contributed by atoms with Gasteiger partial charge in [0.1, 0.15) is 11.6 Å². The first kappa shape index (κ1) is 14.0. The van der Waals surface area contributed by atoms with Crippen LogP contribution in [0.1, 0.15) is 11.4 Å². The number of imidazole rings is 1. The Bertz CT molecular complexity index is 728. The molecule has 19 heavy (non-hydrogen) atoms. The van der Waals surface area contributed by atoms with E-state index in [1.807, 2.05) is 0 Å². The Balaban J connectivity index is 2.33. The third kappa shape index (κ3) is 3.12. The minimum absolute atomic E-state index is 0.0157. The Hall–Kier alpha value is -1.44. The van der Waals surface area contributed by atoms with Crippen LogP contribution < -0.4 is 5.14 Å². The molecule has 1 aromatic carbocycles. The largest absolute Gasteiger partial charge is 0.329 e. The second-order valence-corrected chi connectivity index (χ2v) is 5.96. The maximum Gasteiger partial charge on any atom is 0.257 e. The standard InChI is InChI=1S/C11H11ClFN3O2S/c1-7-15-11(19(14,17)18)6-16(7)5-8-2-3-10(13)9(12)4-8/h2-4,6H,5H2,1H3,(H2,14,17,18). The minimum Gasteiger partial charge on any atom is -0.329 e. The summed E-state index contributed by atoms with van der Waals surface area (Å²) in [7, 11) is -3.83. The molecule has 0 bridgehead atoms. The Kier molecular flexibility index (Phi) is 3.62. The number of halogens is 2. The zero-order chi connectivity index (χ0) is 14.2. The molecule has 2 rings (SSSR count). The van der Waals surface area contributed by atoms with Crippen LogP contribution >= 0.6 is 11.6 Å². The molecular weight excluding hydrogens is 293 g/mol. The predicted octanol–water partition coefficient (Wildman–Crippen LogP) is 1.68. The molecule has 1 aromatic heterocycles. The Labute approximate surface area is 114 Å². The molecule has 0 amide bonds. The average Bonchev–Trinajstić information content (AvgIpc) is 2.65. The zero-order valence-electron chi connectivity index (χ0n) is 9.97. The fourth-order valence-electron chi connectivity index (χ4n) is 1.61. The summed E-state index contributed by atoms with van der Waals surface area (Å²) in [6.45, 7) is 1.98. The van der Waals surface area contributed by atoms with Crippen molar-refractivity contribution < 1.29 is 12.8 Å². The Morgan fingerprint density at radius 3 is 2.68 bits per heavy atom. The normalized spacial score (nSPS) is 11.8. The number of nitrogens with zero attached hydrogens (tertiary/aromatic N) is 2. The van der Waals surface area contributed by atoms with Crippen molar-refractivity contribution in [1.29, 1.82) is 0 Å². The smallest absolute Gasteiger partial charge is 0.257 e. The van der Waals surface area contributed by atoms with Gasteiger partial charge in [-0.15, -0.1) is 0 Å². The first-order valence-electron chi connectivity index (χ1n) is 5.28. The summed E-state index contributed by atoms with van der Waals surface area (Å²) in [5.74, 6) is -0.0116. The maximum atomic E-state index is 13.0. The number of hydrogen-bond acceptors (Lipinski definition) is 3. The van der Waals surface area contributed by atoms with Gasteiger partial charge in [-0.1, -0.05) is 17.7 Å². The summed E-state index contributed by atoms with van der Waals surface area (Å²) < 4.78 is 37.0. The summed E-state index contributed by atoms with van der Waals surface area (Å²) in [5, 5.41) is 4.82. The van der Waals surface area contributed by atoms with Crippen molar-refractivity contribution in [3.8, 4) is 0 Å². The topological polar surface area (TPSA) is 78.0 Å². The molecule has 2 N–H and O–H groups in total. The van der Waals surface area contributed by atoms with Crippen LogP contribution in [0.2, 0.25) is 5.02 Å². The van der Waals surface area contributed by atoms with E-state index in [2.05, 4.69) is 4.98 Å². The molecule has 0 fully saturated rings. The highest BCUT2D eigenvalue weighted by Crippen LogP contribution is 2.18. The molecule has 0 aliphatic rings. The fraction of sp³-hybridized carbons (Fsp3) is 0.182. The molecule has 0 radical (unpaired) electrons. The van der Waals surface area contributed by atoms with Gasteiger partial charge in [0, 0.05) is 12.7 Å². The van der Waals surface area contributed by atoms with Gasteiger partial charge >= 0.3 is 0 Å². The molecule has 0 saturated heterocycles. The first-order valence-corrected chi connectivity index (χ1v) is 7.20. The number of primary sulfonamides is 1. The first-order chi connectivity index (χ1) is 8.77. The quantitative estimate of drug-likeness (QED) is 0.937. The number of hydrogen-bond donors (Lipinski definition) is 1. The van der Waals surface area contributed by atoms with E-state index in [-0.39, 0.29) is 10.0 Å². The van der Waals surface area contributed by atoms with Crippen molar-refractivity contribution in [2.75, 3.05) is 0 Å². The molecule has 1 heterocycles. The summed E-state index contributed by atoms with van der Waals surface area (Å²) in [6, 6.07) is 4.30. The van der Waals surface area contributed by atoms with Crippen LogP contribution in [0.15, 0.2) is 29.4 Å². The van der Waals surface area contributed by atoms with Gasteiger partial charge in [-0.05, 0) is 24.6 Å². The molecule has 0 aliphatic heterocycles. The van der Waals surface area contributed by atoms with E-state index in [1.165, 1.54) is 18.3 Å². The van der Waals surface area contributed by atoms with Gasteiger partial charge in [0.2, 0.25) is 0 Å². The molecule has 0 aliphatic carbocycles. The van der Waals surface area contributed by atoms with E-state index in [9.17, 15) is 12.8 Å². The SMILES string of the molecule is Cc1nc(S(N)(=O)=O)cn1Cc1ccc(F)c(Cl)c1. The van der Waals surface area contributed by atoms with Crippen LogP contribution in [0.25, 0.3) is 0 Å². The van der Waals surface area contributed by atoms with Gasteiger partial charge in [-0.25, -0.2) is 22.9 Å². The van der Waals surface area contributed by atoms with E-state index in [4.69, 9.17) is 16.7 Å². The van der Waals surface area contributed by atoms with Gasteiger partial charge < -0.3 is 4.57 Å². The van der Waals surface area contributed by atoms with Crippen LogP contribution in [0, 0.1) is 12.7 Å². The maximum absolute atomic E-state index is 13.0. The second-order valence-electron chi connectivity index (χ2n) is 4.05. The van der Waals surface area contributed by atoms with Crippen LogP contribution in [-0.4, -0.2) is 18.0 Å². The lowest BCUT2D eigenvalue weighted by molar-refractivity contribution is 0.594. The molecule has 0 unspecified atom stereocenters. The van der Waals surface area contributed by atoms with Crippen LogP contribution in [-0.2, 0) is 16.6 Å². The molecule has 2 aromatic rings. The van der Waals surface area contributed by atoms with Crippen LogP contribution in [0.3, 0.4) is 0 Å². The third-order valence-corrected chi connectivity index (χ3v) is 3.65. The predicted molar refractivity (Wildman–Crippen MR) is 68.8 cm³/mol. The van der Waals surface area contributed by atoms with Gasteiger partial charge in [0.25, 0.3) is 10.0 Å². The lowest BCUT2D eigenvalue weighted by Gasteiger charge is -2.05. The Morgan fingerprint density at radius 1 is 1.47 bits per heavy atom. The summed E-state index contributed by atoms with van der Waals surface area (Å²) >= 11 is 5.68. The molecule has 0 saturated carbocycles. The highest BCUT2D eigenvalue weighted by molar-refractivity contribution is 7.89. The van der Waals surface area contributed by atoms with Gasteiger partial charge in [-0.2, -0.15) is 0 Å². The number of nitrogens with two attached hydrogens (primary N) is 1. The molecule has 0 atom stereocenters. The average molecular weight is 304 g/mol. The lowest BCUT2D eigenvalue weighted by atomic mass is 10.2. The van der Waals surface area contributed by atoms with Crippen molar-refractivity contribution in [3.05, 3.63) is 46.6 Å². The van der Waals surface area contributed by atoms with Crippen LogP contribution in [0.5, 0.6) is 0 Å².